The van der Waals surface area contributed by atoms with Gasteiger partial charge in [0, 0.05) is 23.1 Å². The summed E-state index contributed by atoms with van der Waals surface area (Å²) in [6.07, 6.45) is 1.05. The van der Waals surface area contributed by atoms with Crippen molar-refractivity contribution in [2.75, 3.05) is 13.6 Å². The van der Waals surface area contributed by atoms with Crippen LogP contribution in [0.2, 0.25) is 10.0 Å². The van der Waals surface area contributed by atoms with Crippen molar-refractivity contribution < 1.29 is 5.48 Å². The maximum atomic E-state index is 6.10. The van der Waals surface area contributed by atoms with Gasteiger partial charge in [0.15, 0.2) is 0 Å². The van der Waals surface area contributed by atoms with Gasteiger partial charge in [0.2, 0.25) is 0 Å². The van der Waals surface area contributed by atoms with Crippen LogP contribution in [0.4, 0.5) is 0 Å². The summed E-state index contributed by atoms with van der Waals surface area (Å²) < 4.78 is 0. The van der Waals surface area contributed by atoms with Crippen molar-refractivity contribution in [2.45, 2.75) is 13.0 Å². The summed E-state index contributed by atoms with van der Waals surface area (Å²) in [4.78, 5) is 2.27. The number of fused-ring (bicyclic) bond motifs is 1. The van der Waals surface area contributed by atoms with Crippen LogP contribution in [0.15, 0.2) is 12.1 Å². The van der Waals surface area contributed by atoms with Gasteiger partial charge in [-0.15, -0.1) is 0 Å². The molecule has 1 aliphatic heterocycles. The number of rotatable bonds is 0. The van der Waals surface area contributed by atoms with Gasteiger partial charge in [-0.1, -0.05) is 23.2 Å². The minimum absolute atomic E-state index is 0. The van der Waals surface area contributed by atoms with Crippen LogP contribution in [0.5, 0.6) is 0 Å². The van der Waals surface area contributed by atoms with Gasteiger partial charge >= 0.3 is 0 Å². The molecule has 1 aromatic rings. The Kier molecular flexibility index (Phi) is 3.78. The van der Waals surface area contributed by atoms with E-state index in [-0.39, 0.29) is 5.48 Å². The predicted octanol–water partition coefficient (Wildman–Crippen LogP) is 2.16. The Morgan fingerprint density at radius 3 is 2.71 bits per heavy atom. The maximum absolute atomic E-state index is 6.10. The molecule has 0 bridgehead atoms. The fourth-order valence-electron chi connectivity index (χ4n) is 1.72. The van der Waals surface area contributed by atoms with Crippen molar-refractivity contribution in [3.63, 3.8) is 0 Å². The Labute approximate surface area is 93.7 Å². The minimum atomic E-state index is 0. The largest absolute Gasteiger partial charge is 0.412 e. The lowest BCUT2D eigenvalue weighted by molar-refractivity contribution is 0.313. The standard InChI is InChI=1S/C10H11Cl2N.H2O/c1-13-3-2-7-4-8(11)5-10(12)9(7)6-13;/h4-5H,2-3,6H2,1H3;1H2. The molecule has 78 valence electrons. The first-order valence-corrected chi connectivity index (χ1v) is 5.08. The summed E-state index contributed by atoms with van der Waals surface area (Å²) in [5.41, 5.74) is 2.54. The lowest BCUT2D eigenvalue weighted by Gasteiger charge is -2.25. The number of hydrogen-bond donors (Lipinski definition) is 0. The molecule has 1 aliphatic rings. The number of benzene rings is 1. The van der Waals surface area contributed by atoms with Gasteiger partial charge in [0.05, 0.1) is 0 Å². The normalized spacial score (nSPS) is 15.9. The van der Waals surface area contributed by atoms with Crippen molar-refractivity contribution in [1.29, 1.82) is 0 Å². The van der Waals surface area contributed by atoms with Gasteiger partial charge < -0.3 is 10.4 Å². The summed E-state index contributed by atoms with van der Waals surface area (Å²) in [5, 5.41) is 1.54. The molecule has 14 heavy (non-hydrogen) atoms. The van der Waals surface area contributed by atoms with E-state index in [9.17, 15) is 0 Å². The highest BCUT2D eigenvalue weighted by atomic mass is 35.5. The van der Waals surface area contributed by atoms with Crippen molar-refractivity contribution in [2.24, 2.45) is 0 Å². The summed E-state index contributed by atoms with van der Waals surface area (Å²) in [6, 6.07) is 3.84. The molecule has 0 saturated heterocycles. The van der Waals surface area contributed by atoms with Crippen molar-refractivity contribution in [3.8, 4) is 0 Å². The number of likely N-dealkylation sites (N-methyl/N-ethyl adjacent to an activating group) is 1. The van der Waals surface area contributed by atoms with Crippen LogP contribution in [0, 0.1) is 0 Å². The average Bonchev–Trinajstić information content (AvgIpc) is 2.06. The second-order valence-corrected chi connectivity index (χ2v) is 4.36. The number of hydrogen-bond acceptors (Lipinski definition) is 1. The van der Waals surface area contributed by atoms with Gasteiger partial charge in [0.25, 0.3) is 0 Å². The molecule has 2 N–H and O–H groups in total. The average molecular weight is 234 g/mol. The molecule has 2 rings (SSSR count). The molecule has 0 unspecified atom stereocenters. The van der Waals surface area contributed by atoms with Gasteiger partial charge in [-0.3, -0.25) is 0 Å². The fourth-order valence-corrected chi connectivity index (χ4v) is 2.31. The van der Waals surface area contributed by atoms with Gasteiger partial charge in [-0.05, 0) is 36.7 Å². The Bertz CT molecular complexity index is 341. The first-order valence-electron chi connectivity index (χ1n) is 4.32. The van der Waals surface area contributed by atoms with E-state index in [1.54, 1.807) is 0 Å². The highest BCUT2D eigenvalue weighted by Crippen LogP contribution is 2.29. The molecule has 1 aromatic carbocycles. The van der Waals surface area contributed by atoms with Crippen molar-refractivity contribution in [3.05, 3.63) is 33.3 Å². The highest BCUT2D eigenvalue weighted by Gasteiger charge is 2.16. The molecule has 0 aliphatic carbocycles. The van der Waals surface area contributed by atoms with Crippen LogP contribution in [-0.2, 0) is 13.0 Å². The topological polar surface area (TPSA) is 34.7 Å². The van der Waals surface area contributed by atoms with E-state index in [1.165, 1.54) is 11.1 Å². The maximum Gasteiger partial charge on any atom is 0.0468 e. The van der Waals surface area contributed by atoms with Crippen LogP contribution in [0.25, 0.3) is 0 Å². The van der Waals surface area contributed by atoms with Gasteiger partial charge in [-0.25, -0.2) is 0 Å². The van der Waals surface area contributed by atoms with Crippen molar-refractivity contribution >= 4 is 23.2 Å². The van der Waals surface area contributed by atoms with E-state index in [2.05, 4.69) is 11.9 Å². The molecule has 1 heterocycles. The molecular formula is C10H13Cl2NO. The third-order valence-corrected chi connectivity index (χ3v) is 3.00. The van der Waals surface area contributed by atoms with Gasteiger partial charge in [0.1, 0.15) is 0 Å². The molecule has 0 amide bonds. The zero-order chi connectivity index (χ0) is 9.42. The molecule has 0 aromatic heterocycles. The Hall–Kier alpha value is -0.280. The fraction of sp³-hybridized carbons (Fsp3) is 0.400. The van der Waals surface area contributed by atoms with E-state index in [0.29, 0.717) is 0 Å². The molecule has 0 fully saturated rings. The first-order chi connectivity index (χ1) is 6.16. The summed E-state index contributed by atoms with van der Waals surface area (Å²) in [7, 11) is 2.11. The Balaban J connectivity index is 0.000000980. The lowest BCUT2D eigenvalue weighted by atomic mass is 10.0. The van der Waals surface area contributed by atoms with E-state index in [4.69, 9.17) is 23.2 Å². The van der Waals surface area contributed by atoms with E-state index >= 15 is 0 Å². The third kappa shape index (κ3) is 2.20. The molecule has 0 atom stereocenters. The smallest absolute Gasteiger partial charge is 0.0468 e. The molecule has 2 nitrogen and oxygen atoms in total. The second-order valence-electron chi connectivity index (χ2n) is 3.51. The first kappa shape index (κ1) is 11.8. The predicted molar refractivity (Wildman–Crippen MR) is 60.1 cm³/mol. The Morgan fingerprint density at radius 1 is 1.29 bits per heavy atom. The summed E-state index contributed by atoms with van der Waals surface area (Å²) in [6.45, 7) is 2.02. The van der Waals surface area contributed by atoms with Crippen LogP contribution >= 0.6 is 23.2 Å². The second kappa shape index (κ2) is 4.49. The number of halogens is 2. The SMILES string of the molecule is CN1CCc2cc(Cl)cc(Cl)c2C1.O. The van der Waals surface area contributed by atoms with Crippen LogP contribution in [-0.4, -0.2) is 24.0 Å². The van der Waals surface area contributed by atoms with Crippen LogP contribution in [0.3, 0.4) is 0 Å². The summed E-state index contributed by atoms with van der Waals surface area (Å²) in [5.74, 6) is 0. The molecule has 0 spiro atoms. The van der Waals surface area contributed by atoms with Crippen molar-refractivity contribution in [1.82, 2.24) is 4.90 Å². The Morgan fingerprint density at radius 2 is 2.00 bits per heavy atom. The number of nitrogens with zero attached hydrogens (tertiary/aromatic N) is 1. The monoisotopic (exact) mass is 233 g/mol. The highest BCUT2D eigenvalue weighted by molar-refractivity contribution is 6.35. The van der Waals surface area contributed by atoms with Gasteiger partial charge in [-0.2, -0.15) is 0 Å². The zero-order valence-corrected chi connectivity index (χ0v) is 9.49. The minimum Gasteiger partial charge on any atom is -0.412 e. The molecular weight excluding hydrogens is 221 g/mol. The van der Waals surface area contributed by atoms with Crippen LogP contribution in [0.1, 0.15) is 11.1 Å². The van der Waals surface area contributed by atoms with Crippen LogP contribution < -0.4 is 0 Å². The zero-order valence-electron chi connectivity index (χ0n) is 7.98. The molecule has 4 heteroatoms. The van der Waals surface area contributed by atoms with E-state index in [0.717, 1.165) is 29.6 Å². The third-order valence-electron chi connectivity index (χ3n) is 2.44. The summed E-state index contributed by atoms with van der Waals surface area (Å²) >= 11 is 12.0. The quantitative estimate of drug-likeness (QED) is 0.677. The van der Waals surface area contributed by atoms with E-state index < -0.39 is 0 Å². The van der Waals surface area contributed by atoms with E-state index in [1.807, 2.05) is 12.1 Å². The lowest BCUT2D eigenvalue weighted by Crippen LogP contribution is -2.26. The molecule has 0 radical (unpaired) electrons. The molecule has 0 saturated carbocycles.